The first kappa shape index (κ1) is 56.5. The molecule has 6 aromatic heterocycles. The van der Waals surface area contributed by atoms with Crippen molar-refractivity contribution in [1.29, 1.82) is 0 Å². The highest BCUT2D eigenvalue weighted by molar-refractivity contribution is 7.98. The lowest BCUT2D eigenvalue weighted by Crippen LogP contribution is -2.47. The molecule has 0 aromatic carbocycles. The number of aryl methyl sites for hydroxylation is 3. The Morgan fingerprint density at radius 1 is 0.653 bits per heavy atom. The average Bonchev–Trinajstić information content (AvgIpc) is 4.10. The van der Waals surface area contributed by atoms with Crippen molar-refractivity contribution in [1.82, 2.24) is 68.5 Å². The summed E-state index contributed by atoms with van der Waals surface area (Å²) in [5, 5.41) is 41.3. The summed E-state index contributed by atoms with van der Waals surface area (Å²) < 4.78 is 17.9. The van der Waals surface area contributed by atoms with Crippen LogP contribution in [-0.2, 0) is 9.53 Å². The number of hydrogen-bond acceptors (Lipinski definition) is 27. The smallest absolute Gasteiger partial charge is 0.410 e. The predicted octanol–water partition coefficient (Wildman–Crippen LogP) is 4.56. The third-order valence-corrected chi connectivity index (χ3v) is 13.1. The van der Waals surface area contributed by atoms with Gasteiger partial charge in [-0.2, -0.15) is 23.1 Å². The fourth-order valence-electron chi connectivity index (χ4n) is 6.93. The maximum atomic E-state index is 12.4. The number of likely N-dealkylation sites (tertiary alicyclic amines) is 2. The molecule has 11 N–H and O–H groups in total. The van der Waals surface area contributed by atoms with Crippen LogP contribution in [0.3, 0.4) is 0 Å². The van der Waals surface area contributed by atoms with E-state index in [1.165, 1.54) is 52.4 Å². The molecular weight excluding hydrogens is 1050 g/mol. The van der Waals surface area contributed by atoms with Gasteiger partial charge in [-0.15, -0.1) is 30.6 Å². The fraction of sp³-hybridized carbons (Fsp3) is 0.419. The van der Waals surface area contributed by atoms with Crippen LogP contribution in [-0.4, -0.2) is 148 Å². The number of anilines is 8. The van der Waals surface area contributed by atoms with Gasteiger partial charge in [0.1, 0.15) is 20.6 Å². The van der Waals surface area contributed by atoms with Crippen LogP contribution < -0.4 is 43.8 Å². The molecule has 8 heterocycles. The Morgan fingerprint density at radius 3 is 1.43 bits per heavy atom. The van der Waals surface area contributed by atoms with Gasteiger partial charge in [0, 0.05) is 38.3 Å². The first-order chi connectivity index (χ1) is 35.7. The maximum absolute atomic E-state index is 12.4. The molecule has 0 bridgehead atoms. The number of primary amides is 3. The summed E-state index contributed by atoms with van der Waals surface area (Å²) in [6, 6.07) is 5.39. The van der Waals surface area contributed by atoms with E-state index in [0.717, 1.165) is 47.8 Å². The summed E-state index contributed by atoms with van der Waals surface area (Å²) in [5.74, 6) is -1.06. The largest absolute Gasteiger partial charge is 0.444 e. The lowest BCUT2D eigenvalue weighted by Gasteiger charge is -2.34. The number of thioether (sulfide) groups is 1. The molecule has 8 rings (SSSR count). The Bertz CT molecular complexity index is 3000. The first-order valence-electron chi connectivity index (χ1n) is 22.9. The Kier molecular flexibility index (Phi) is 19.5. The topological polar surface area (TPSA) is 394 Å². The third kappa shape index (κ3) is 16.8. The molecule has 2 aliphatic rings. The summed E-state index contributed by atoms with van der Waals surface area (Å²) in [6.45, 7) is 16.9. The minimum atomic E-state index is -0.737. The summed E-state index contributed by atoms with van der Waals surface area (Å²) in [4.78, 5) is 75.0. The first-order valence-corrected chi connectivity index (χ1v) is 26.4. The number of nitrogens with one attached hydrogen (secondary N) is 5. The molecule has 0 saturated carbocycles. The second kappa shape index (κ2) is 25.9. The zero-order valence-corrected chi connectivity index (χ0v) is 45.2. The normalized spacial score (nSPS) is 15.2. The van der Waals surface area contributed by atoms with Crippen LogP contribution in [0.4, 0.5) is 49.1 Å². The van der Waals surface area contributed by atoms with Crippen molar-refractivity contribution in [3.63, 3.8) is 0 Å². The van der Waals surface area contributed by atoms with Crippen molar-refractivity contribution < 1.29 is 28.7 Å². The van der Waals surface area contributed by atoms with E-state index in [-0.39, 0.29) is 64.7 Å². The van der Waals surface area contributed by atoms with Gasteiger partial charge >= 0.3 is 6.09 Å². The monoisotopic (exact) mass is 1100 g/mol. The van der Waals surface area contributed by atoms with E-state index in [9.17, 15) is 24.0 Å². The molecule has 2 saturated heterocycles. The Balaban J connectivity index is 0.000000188. The van der Waals surface area contributed by atoms with E-state index in [1.54, 1.807) is 9.80 Å². The molecule has 28 nitrogen and oxygen atoms in total. The van der Waals surface area contributed by atoms with Crippen LogP contribution in [0, 0.1) is 20.8 Å². The minimum absolute atomic E-state index is 0.0128. The average molecular weight is 1110 g/mol. The van der Waals surface area contributed by atoms with Gasteiger partial charge in [-0.1, -0.05) is 18.3 Å². The van der Waals surface area contributed by atoms with Crippen molar-refractivity contribution in [3.8, 4) is 0 Å². The third-order valence-electron chi connectivity index (χ3n) is 10.2. The maximum Gasteiger partial charge on any atom is 0.410 e. The number of carbonyl (C=O) groups is 5. The molecule has 2 atom stereocenters. The number of nitrogens with zero attached hydrogens (tertiary/aromatic N) is 14. The van der Waals surface area contributed by atoms with Gasteiger partial charge in [-0.3, -0.25) is 19.2 Å². The summed E-state index contributed by atoms with van der Waals surface area (Å²) >= 11 is 5.07. The Labute approximate surface area is 446 Å². The summed E-state index contributed by atoms with van der Waals surface area (Å²) in [6.07, 6.45) is 6.14. The van der Waals surface area contributed by atoms with Crippen LogP contribution >= 0.6 is 46.4 Å². The molecule has 5 amide bonds. The Hall–Kier alpha value is -7.84. The zero-order chi connectivity index (χ0) is 54.4. The number of ether oxygens (including phenoxy) is 1. The lowest BCUT2D eigenvalue weighted by atomic mass is 10.1. The predicted molar refractivity (Wildman–Crippen MR) is 285 cm³/mol. The second-order valence-corrected chi connectivity index (χ2v) is 20.7. The number of hydrogen-bond donors (Lipinski definition) is 8. The number of amides is 5. The quantitative estimate of drug-likeness (QED) is 0.0516. The molecule has 0 spiro atoms. The number of aromatic nitrogens is 12. The Morgan fingerprint density at radius 2 is 1.05 bits per heavy atom. The van der Waals surface area contributed by atoms with Crippen LogP contribution in [0.25, 0.3) is 0 Å². The van der Waals surface area contributed by atoms with Crippen molar-refractivity contribution in [2.75, 3.05) is 59.0 Å². The number of nitrogens with two attached hydrogens (primary N) is 3. The van der Waals surface area contributed by atoms with Crippen LogP contribution in [0.2, 0.25) is 0 Å². The van der Waals surface area contributed by atoms with Gasteiger partial charge < -0.3 is 58.3 Å². The van der Waals surface area contributed by atoms with E-state index in [0.29, 0.717) is 47.2 Å². The van der Waals surface area contributed by atoms with E-state index in [4.69, 9.17) is 21.9 Å². The van der Waals surface area contributed by atoms with E-state index in [2.05, 4.69) is 91.8 Å². The summed E-state index contributed by atoms with van der Waals surface area (Å²) in [7, 11) is 0. The van der Waals surface area contributed by atoms with Crippen LogP contribution in [0.1, 0.15) is 95.0 Å². The molecule has 6 aromatic rings. The highest BCUT2D eigenvalue weighted by Gasteiger charge is 2.29. The van der Waals surface area contributed by atoms with E-state index < -0.39 is 23.3 Å². The second-order valence-electron chi connectivity index (χ2n) is 17.5. The van der Waals surface area contributed by atoms with Gasteiger partial charge in [-0.25, -0.2) is 9.78 Å². The number of piperidine rings is 2. The van der Waals surface area contributed by atoms with Crippen molar-refractivity contribution in [2.24, 2.45) is 17.2 Å². The fourth-order valence-corrected chi connectivity index (χ4v) is 9.21. The van der Waals surface area contributed by atoms with Gasteiger partial charge in [0.05, 0.1) is 17.1 Å². The van der Waals surface area contributed by atoms with Gasteiger partial charge in [0.25, 0.3) is 17.7 Å². The molecule has 0 radical (unpaired) electrons. The minimum Gasteiger partial charge on any atom is -0.444 e. The molecule has 2 aliphatic heterocycles. The van der Waals surface area contributed by atoms with E-state index in [1.807, 2.05) is 66.0 Å². The number of rotatable bonds is 15. The standard InChI is InChI=1S/C18H26N8O3S.C16H20N8O2S.C9H10N6OS2/c1-10-8-12(30-25-10)21-15-13(14(19)27)23-24-16(22-15)20-11-6-5-7-26(9-11)17(28)29-18(2,3)4;1-3-12(25)24-6-4-5-10(8-24)18-16-20-15(13(14(17)26)21-22-16)19-11-7-9(2)23-27-11;1-4-3-5(18-15-4)11-8-6(7(10)16)13-14-9(12-8)17-2/h8,11H,5-7,9H2,1-4H3,(H2,19,27)(H2,20,21,22,24);3,7,10H,1,4-6,8H2,2H3,(H2,17,26)(H2,18,19,20,22);3H,1-2H3,(H2,10,16)(H,11,12,14)/t11-;10-;/m11./s1. The van der Waals surface area contributed by atoms with Crippen LogP contribution in [0.5, 0.6) is 0 Å². The van der Waals surface area contributed by atoms with Crippen molar-refractivity contribution in [2.45, 2.75) is 90.1 Å². The molecule has 75 heavy (non-hydrogen) atoms. The molecule has 0 unspecified atom stereocenters. The SMILES string of the molecule is C=CC(=O)N1CCC[C@@H](Nc2nnc(C(N)=O)c(Nc3cc(C)ns3)n2)C1.CSc1nnc(C(N)=O)c(Nc2cc(C)ns2)n1.Cc1cc(Nc2nc(N[C@@H]3CCCN(C(=O)OC(C)(C)C)C3)nnc2C(N)=O)sn1. The molecular formula is C43H56N22O6S4. The highest BCUT2D eigenvalue weighted by Crippen LogP contribution is 2.27. The lowest BCUT2D eigenvalue weighted by molar-refractivity contribution is -0.127. The number of carbonyl (C=O) groups excluding carboxylic acids is 5. The highest BCUT2D eigenvalue weighted by atomic mass is 32.2. The molecule has 32 heteroatoms. The zero-order valence-electron chi connectivity index (χ0n) is 41.9. The van der Waals surface area contributed by atoms with Crippen molar-refractivity contribution in [3.05, 3.63) is 65.0 Å². The van der Waals surface area contributed by atoms with Gasteiger partial charge in [-0.05, 0) is 132 Å². The van der Waals surface area contributed by atoms with E-state index >= 15 is 0 Å². The molecule has 0 aliphatic carbocycles. The summed E-state index contributed by atoms with van der Waals surface area (Å²) in [5.41, 5.74) is 17.9. The molecule has 398 valence electrons. The van der Waals surface area contributed by atoms with Crippen molar-refractivity contribution >= 4 is 120 Å². The van der Waals surface area contributed by atoms with Gasteiger partial charge in [0.2, 0.25) is 23.0 Å². The van der Waals surface area contributed by atoms with Crippen LogP contribution in [0.15, 0.2) is 36.0 Å². The molecule has 2 fully saturated rings. The van der Waals surface area contributed by atoms with Gasteiger partial charge in [0.15, 0.2) is 34.5 Å².